The lowest BCUT2D eigenvalue weighted by molar-refractivity contribution is 0.497. The Bertz CT molecular complexity index is 629. The monoisotopic (exact) mass is 287 g/mol. The lowest BCUT2D eigenvalue weighted by Crippen LogP contribution is -2.12. The Morgan fingerprint density at radius 3 is 2.38 bits per heavy atom. The Balaban J connectivity index is 2.76. The van der Waals surface area contributed by atoms with Crippen molar-refractivity contribution >= 4 is 11.0 Å². The van der Waals surface area contributed by atoms with Crippen molar-refractivity contribution in [3.05, 3.63) is 34.6 Å². The van der Waals surface area contributed by atoms with E-state index in [1.165, 1.54) is 22.1 Å². The molecule has 0 saturated carbocycles. The summed E-state index contributed by atoms with van der Waals surface area (Å²) in [6, 6.07) is 4.46. The standard InChI is InChI=1S/C19H29NO/c1-8-20-11-15-16(12(2)3)17-13(4)9-10-14(18(17)21-15)19(5,6)7/h9-10,12,20H,8,11H2,1-7H3. The van der Waals surface area contributed by atoms with Gasteiger partial charge in [0.1, 0.15) is 11.3 Å². The highest BCUT2D eigenvalue weighted by molar-refractivity contribution is 5.89. The summed E-state index contributed by atoms with van der Waals surface area (Å²) in [6.45, 7) is 17.3. The molecule has 2 nitrogen and oxygen atoms in total. The molecular formula is C19H29NO. The second kappa shape index (κ2) is 5.84. The van der Waals surface area contributed by atoms with Crippen molar-refractivity contribution < 1.29 is 4.42 Å². The summed E-state index contributed by atoms with van der Waals surface area (Å²) in [5, 5.41) is 4.73. The average molecular weight is 287 g/mol. The van der Waals surface area contributed by atoms with Gasteiger partial charge in [-0.3, -0.25) is 0 Å². The van der Waals surface area contributed by atoms with E-state index in [0.717, 1.165) is 24.4 Å². The topological polar surface area (TPSA) is 25.2 Å². The van der Waals surface area contributed by atoms with E-state index in [1.54, 1.807) is 0 Å². The third-order valence-electron chi connectivity index (χ3n) is 4.08. The van der Waals surface area contributed by atoms with Crippen LogP contribution in [-0.4, -0.2) is 6.54 Å². The highest BCUT2D eigenvalue weighted by Gasteiger charge is 2.25. The average Bonchev–Trinajstić information content (AvgIpc) is 2.75. The quantitative estimate of drug-likeness (QED) is 0.828. The zero-order valence-electron chi connectivity index (χ0n) is 14.6. The zero-order chi connectivity index (χ0) is 15.8. The Morgan fingerprint density at radius 2 is 1.86 bits per heavy atom. The van der Waals surface area contributed by atoms with E-state index in [0.29, 0.717) is 5.92 Å². The molecule has 2 aromatic rings. The summed E-state index contributed by atoms with van der Waals surface area (Å²) in [5.41, 5.74) is 5.16. The van der Waals surface area contributed by atoms with Crippen LogP contribution in [-0.2, 0) is 12.0 Å². The Kier molecular flexibility index (Phi) is 4.48. The lowest BCUT2D eigenvalue weighted by Gasteiger charge is -2.19. The molecule has 0 bridgehead atoms. The predicted octanol–water partition coefficient (Wildman–Crippen LogP) is 5.27. The van der Waals surface area contributed by atoms with E-state index in [4.69, 9.17) is 4.42 Å². The van der Waals surface area contributed by atoms with E-state index >= 15 is 0 Å². The molecule has 0 aliphatic carbocycles. The van der Waals surface area contributed by atoms with Crippen LogP contribution in [0.15, 0.2) is 16.5 Å². The Labute approximate surface area is 128 Å². The number of aryl methyl sites for hydroxylation is 1. The number of fused-ring (bicyclic) bond motifs is 1. The molecule has 0 radical (unpaired) electrons. The van der Waals surface area contributed by atoms with Gasteiger partial charge in [0.25, 0.3) is 0 Å². The molecule has 21 heavy (non-hydrogen) atoms. The highest BCUT2D eigenvalue weighted by Crippen LogP contribution is 2.39. The van der Waals surface area contributed by atoms with Crippen molar-refractivity contribution in [2.45, 2.75) is 66.3 Å². The van der Waals surface area contributed by atoms with Gasteiger partial charge in [-0.2, -0.15) is 0 Å². The maximum atomic E-state index is 6.34. The molecule has 0 unspecified atom stereocenters. The molecule has 0 saturated heterocycles. The van der Waals surface area contributed by atoms with Crippen LogP contribution < -0.4 is 5.32 Å². The first kappa shape index (κ1) is 16.1. The van der Waals surface area contributed by atoms with Gasteiger partial charge in [0, 0.05) is 16.5 Å². The number of benzene rings is 1. The minimum Gasteiger partial charge on any atom is -0.459 e. The van der Waals surface area contributed by atoms with Crippen molar-refractivity contribution in [2.75, 3.05) is 6.54 Å². The van der Waals surface area contributed by atoms with E-state index in [-0.39, 0.29) is 5.41 Å². The number of hydrogen-bond donors (Lipinski definition) is 1. The molecule has 0 amide bonds. The van der Waals surface area contributed by atoms with Crippen LogP contribution in [0.5, 0.6) is 0 Å². The fourth-order valence-electron chi connectivity index (χ4n) is 3.01. The summed E-state index contributed by atoms with van der Waals surface area (Å²) in [4.78, 5) is 0. The van der Waals surface area contributed by atoms with Crippen molar-refractivity contribution in [1.82, 2.24) is 5.32 Å². The minimum absolute atomic E-state index is 0.0908. The van der Waals surface area contributed by atoms with Crippen molar-refractivity contribution in [3.63, 3.8) is 0 Å². The van der Waals surface area contributed by atoms with Gasteiger partial charge in [0.2, 0.25) is 0 Å². The fourth-order valence-corrected chi connectivity index (χ4v) is 3.01. The summed E-state index contributed by atoms with van der Waals surface area (Å²) in [5.74, 6) is 1.57. The molecule has 2 rings (SSSR count). The third kappa shape index (κ3) is 3.01. The molecule has 1 N–H and O–H groups in total. The second-order valence-corrected chi connectivity index (χ2v) is 7.26. The first-order valence-corrected chi connectivity index (χ1v) is 8.03. The van der Waals surface area contributed by atoms with Gasteiger partial charge in [-0.1, -0.05) is 53.7 Å². The Hall–Kier alpha value is -1.28. The van der Waals surface area contributed by atoms with Crippen LogP contribution in [0.1, 0.15) is 69.9 Å². The molecule has 1 aromatic carbocycles. The Morgan fingerprint density at radius 1 is 1.19 bits per heavy atom. The smallest absolute Gasteiger partial charge is 0.138 e. The first-order valence-electron chi connectivity index (χ1n) is 8.03. The molecule has 116 valence electrons. The van der Waals surface area contributed by atoms with Crippen molar-refractivity contribution in [3.8, 4) is 0 Å². The van der Waals surface area contributed by atoms with Gasteiger partial charge < -0.3 is 9.73 Å². The first-order chi connectivity index (χ1) is 9.77. The molecule has 2 heteroatoms. The molecule has 0 fully saturated rings. The summed E-state index contributed by atoms with van der Waals surface area (Å²) >= 11 is 0. The summed E-state index contributed by atoms with van der Waals surface area (Å²) in [6.07, 6.45) is 0. The van der Waals surface area contributed by atoms with Gasteiger partial charge in [0.15, 0.2) is 0 Å². The molecule has 1 heterocycles. The van der Waals surface area contributed by atoms with Crippen LogP contribution in [0.25, 0.3) is 11.0 Å². The molecular weight excluding hydrogens is 258 g/mol. The molecule has 0 spiro atoms. The van der Waals surface area contributed by atoms with Crippen LogP contribution in [0.4, 0.5) is 0 Å². The van der Waals surface area contributed by atoms with E-state index in [1.807, 2.05) is 0 Å². The van der Waals surface area contributed by atoms with Crippen LogP contribution in [0, 0.1) is 6.92 Å². The van der Waals surface area contributed by atoms with Crippen molar-refractivity contribution in [1.29, 1.82) is 0 Å². The number of hydrogen-bond acceptors (Lipinski definition) is 2. The van der Waals surface area contributed by atoms with Crippen LogP contribution in [0.3, 0.4) is 0 Å². The highest BCUT2D eigenvalue weighted by atomic mass is 16.3. The predicted molar refractivity (Wildman–Crippen MR) is 91.1 cm³/mol. The number of furan rings is 1. The number of nitrogens with one attached hydrogen (secondary N) is 1. The maximum absolute atomic E-state index is 6.34. The number of rotatable bonds is 4. The molecule has 0 aliphatic rings. The van der Waals surface area contributed by atoms with Gasteiger partial charge >= 0.3 is 0 Å². The third-order valence-corrected chi connectivity index (χ3v) is 4.08. The van der Waals surface area contributed by atoms with Crippen LogP contribution >= 0.6 is 0 Å². The lowest BCUT2D eigenvalue weighted by atomic mass is 9.84. The van der Waals surface area contributed by atoms with Crippen molar-refractivity contribution in [2.24, 2.45) is 0 Å². The van der Waals surface area contributed by atoms with Gasteiger partial charge in [-0.25, -0.2) is 0 Å². The molecule has 0 aliphatic heterocycles. The zero-order valence-corrected chi connectivity index (χ0v) is 14.6. The SMILES string of the molecule is CCNCc1oc2c(C(C)(C)C)ccc(C)c2c1C(C)C. The van der Waals surface area contributed by atoms with Crippen LogP contribution in [0.2, 0.25) is 0 Å². The van der Waals surface area contributed by atoms with Gasteiger partial charge in [-0.05, 0) is 30.4 Å². The van der Waals surface area contributed by atoms with E-state index < -0.39 is 0 Å². The van der Waals surface area contributed by atoms with E-state index in [9.17, 15) is 0 Å². The summed E-state index contributed by atoms with van der Waals surface area (Å²) in [7, 11) is 0. The van der Waals surface area contributed by atoms with E-state index in [2.05, 4.69) is 65.9 Å². The second-order valence-electron chi connectivity index (χ2n) is 7.26. The fraction of sp³-hybridized carbons (Fsp3) is 0.579. The molecule has 0 atom stereocenters. The largest absolute Gasteiger partial charge is 0.459 e. The normalized spacial score (nSPS) is 12.6. The summed E-state index contributed by atoms with van der Waals surface area (Å²) < 4.78 is 6.34. The molecule has 1 aromatic heterocycles. The van der Waals surface area contributed by atoms with Gasteiger partial charge in [-0.15, -0.1) is 0 Å². The van der Waals surface area contributed by atoms with Gasteiger partial charge in [0.05, 0.1) is 6.54 Å². The maximum Gasteiger partial charge on any atom is 0.138 e. The minimum atomic E-state index is 0.0908.